The van der Waals surface area contributed by atoms with E-state index in [-0.39, 0.29) is 35.9 Å². The van der Waals surface area contributed by atoms with Gasteiger partial charge in [-0.25, -0.2) is 4.39 Å². The summed E-state index contributed by atoms with van der Waals surface area (Å²) in [4.78, 5) is 39.9. The van der Waals surface area contributed by atoms with Gasteiger partial charge in [-0.15, -0.1) is 0 Å². The average Bonchev–Trinajstić information content (AvgIpc) is 2.95. The lowest BCUT2D eigenvalue weighted by atomic mass is 9.80. The topological polar surface area (TPSA) is 88.1 Å². The molecule has 1 aliphatic rings. The Labute approximate surface area is 231 Å². The Morgan fingerprint density at radius 1 is 1.02 bits per heavy atom. The van der Waals surface area contributed by atoms with E-state index in [2.05, 4.69) is 20.3 Å². The number of halogens is 5. The molecule has 3 heterocycles. The number of piperidine rings is 1. The van der Waals surface area contributed by atoms with Gasteiger partial charge in [-0.05, 0) is 54.3 Å². The van der Waals surface area contributed by atoms with Crippen LogP contribution in [0.15, 0.2) is 67.1 Å². The van der Waals surface area contributed by atoms with Gasteiger partial charge < -0.3 is 10.2 Å². The lowest BCUT2D eigenvalue weighted by molar-refractivity contribution is -0.138. The SMILES string of the molecule is O=C(NCC1CCN(C(=O)c2cc(Cl)c3nccnc3c2)CC1c1ccc(F)cc1)c1ncccc1C(F)(F)F. The Bertz CT molecular complexity index is 1560. The molecule has 1 saturated heterocycles. The number of likely N-dealkylation sites (tertiary alicyclic amines) is 1. The third-order valence-corrected chi connectivity index (χ3v) is 7.26. The number of aromatic nitrogens is 3. The van der Waals surface area contributed by atoms with Crippen molar-refractivity contribution in [2.75, 3.05) is 19.6 Å². The highest BCUT2D eigenvalue weighted by molar-refractivity contribution is 6.35. The second-order valence-corrected chi connectivity index (χ2v) is 9.85. The number of hydrogen-bond donors (Lipinski definition) is 1. The highest BCUT2D eigenvalue weighted by Crippen LogP contribution is 2.34. The van der Waals surface area contributed by atoms with E-state index in [4.69, 9.17) is 11.6 Å². The van der Waals surface area contributed by atoms with E-state index >= 15 is 0 Å². The number of nitrogens with zero attached hydrogens (tertiary/aromatic N) is 4. The third-order valence-electron chi connectivity index (χ3n) is 6.97. The van der Waals surface area contributed by atoms with Gasteiger partial charge in [-0.2, -0.15) is 13.2 Å². The molecule has 2 aromatic heterocycles. The summed E-state index contributed by atoms with van der Waals surface area (Å²) >= 11 is 6.34. The first-order valence-electron chi connectivity index (χ1n) is 12.4. The molecule has 2 amide bonds. The van der Waals surface area contributed by atoms with Gasteiger partial charge in [0.05, 0.1) is 16.1 Å². The van der Waals surface area contributed by atoms with E-state index in [9.17, 15) is 27.2 Å². The molecule has 0 spiro atoms. The zero-order valence-electron chi connectivity index (χ0n) is 20.8. The molecule has 0 saturated carbocycles. The lowest BCUT2D eigenvalue weighted by Crippen LogP contribution is -2.46. The van der Waals surface area contributed by atoms with Crippen LogP contribution < -0.4 is 5.32 Å². The first-order valence-corrected chi connectivity index (χ1v) is 12.7. The van der Waals surface area contributed by atoms with Crippen molar-refractivity contribution in [2.24, 2.45) is 5.92 Å². The van der Waals surface area contributed by atoms with Crippen LogP contribution >= 0.6 is 11.6 Å². The number of benzene rings is 2. The Morgan fingerprint density at radius 3 is 2.52 bits per heavy atom. The van der Waals surface area contributed by atoms with E-state index < -0.39 is 29.2 Å². The van der Waals surface area contributed by atoms with Crippen LogP contribution in [0.1, 0.15) is 44.3 Å². The standard InChI is InChI=1S/C28H22ClF4N5O2/c29-22-12-18(13-23-25(22)36-10-9-34-23)27(40)38-11-7-17(20(15-38)16-3-5-19(30)6-4-16)14-37-26(39)24-21(28(31,32)33)2-1-8-35-24/h1-6,8-10,12-13,17,20H,7,11,14-15H2,(H,37,39). The van der Waals surface area contributed by atoms with Gasteiger partial charge in [0.2, 0.25) is 0 Å². The maximum absolute atomic E-state index is 13.7. The average molecular weight is 572 g/mol. The Balaban J connectivity index is 1.37. The van der Waals surface area contributed by atoms with Crippen molar-refractivity contribution < 1.29 is 27.2 Å². The fourth-order valence-corrected chi connectivity index (χ4v) is 5.24. The fraction of sp³-hybridized carbons (Fsp3) is 0.250. The smallest absolute Gasteiger partial charge is 0.350 e. The molecule has 2 aromatic carbocycles. The Morgan fingerprint density at radius 2 is 1.77 bits per heavy atom. The first-order chi connectivity index (χ1) is 19.1. The zero-order valence-corrected chi connectivity index (χ0v) is 21.6. The van der Waals surface area contributed by atoms with Crippen LogP contribution in [0.5, 0.6) is 0 Å². The molecular weight excluding hydrogens is 550 g/mol. The minimum Gasteiger partial charge on any atom is -0.350 e. The minimum atomic E-state index is -4.74. The van der Waals surface area contributed by atoms with E-state index in [1.54, 1.807) is 23.1 Å². The molecule has 1 N–H and O–H groups in total. The van der Waals surface area contributed by atoms with Crippen molar-refractivity contribution >= 4 is 34.4 Å². The van der Waals surface area contributed by atoms with Crippen LogP contribution in [-0.2, 0) is 6.18 Å². The van der Waals surface area contributed by atoms with Gasteiger partial charge in [0.25, 0.3) is 11.8 Å². The summed E-state index contributed by atoms with van der Waals surface area (Å²) in [7, 11) is 0. The van der Waals surface area contributed by atoms with Crippen molar-refractivity contribution in [2.45, 2.75) is 18.5 Å². The first kappa shape index (κ1) is 27.4. The Hall–Kier alpha value is -4.12. The van der Waals surface area contributed by atoms with Gasteiger partial charge in [0.15, 0.2) is 0 Å². The summed E-state index contributed by atoms with van der Waals surface area (Å²) < 4.78 is 53.8. The molecule has 12 heteroatoms. The molecule has 206 valence electrons. The number of carbonyl (C=O) groups excluding carboxylic acids is 2. The van der Waals surface area contributed by atoms with Crippen molar-refractivity contribution in [3.63, 3.8) is 0 Å². The van der Waals surface area contributed by atoms with E-state index in [0.717, 1.165) is 23.9 Å². The molecule has 0 bridgehead atoms. The van der Waals surface area contributed by atoms with Crippen LogP contribution in [-0.4, -0.2) is 51.3 Å². The molecule has 2 unspecified atom stereocenters. The number of carbonyl (C=O) groups is 2. The number of fused-ring (bicyclic) bond motifs is 1. The van der Waals surface area contributed by atoms with Crippen molar-refractivity contribution in [1.29, 1.82) is 0 Å². The van der Waals surface area contributed by atoms with E-state index in [1.165, 1.54) is 30.6 Å². The number of amides is 2. The van der Waals surface area contributed by atoms with Gasteiger partial charge >= 0.3 is 6.18 Å². The molecule has 5 rings (SSSR count). The highest BCUT2D eigenvalue weighted by atomic mass is 35.5. The largest absolute Gasteiger partial charge is 0.418 e. The summed E-state index contributed by atoms with van der Waals surface area (Å²) in [5.41, 5.74) is 0.172. The zero-order chi connectivity index (χ0) is 28.4. The van der Waals surface area contributed by atoms with E-state index in [1.807, 2.05) is 0 Å². The predicted octanol–water partition coefficient (Wildman–Crippen LogP) is 5.51. The third kappa shape index (κ3) is 5.74. The van der Waals surface area contributed by atoms with Gasteiger partial charge in [-0.3, -0.25) is 24.5 Å². The predicted molar refractivity (Wildman–Crippen MR) is 139 cm³/mol. The number of pyridine rings is 1. The van der Waals surface area contributed by atoms with Gasteiger partial charge in [0.1, 0.15) is 17.0 Å². The van der Waals surface area contributed by atoms with Crippen LogP contribution in [0.3, 0.4) is 0 Å². The maximum atomic E-state index is 13.7. The molecule has 0 aliphatic carbocycles. The molecule has 1 fully saturated rings. The lowest BCUT2D eigenvalue weighted by Gasteiger charge is -2.39. The van der Waals surface area contributed by atoms with E-state index in [0.29, 0.717) is 29.6 Å². The van der Waals surface area contributed by atoms with Crippen molar-refractivity contribution in [1.82, 2.24) is 25.2 Å². The fourth-order valence-electron chi connectivity index (χ4n) is 4.98. The summed E-state index contributed by atoms with van der Waals surface area (Å²) in [5, 5.41) is 2.87. The second-order valence-electron chi connectivity index (χ2n) is 9.45. The van der Waals surface area contributed by atoms with Crippen LogP contribution in [0.4, 0.5) is 17.6 Å². The van der Waals surface area contributed by atoms with Crippen molar-refractivity contribution in [3.8, 4) is 0 Å². The number of alkyl halides is 3. The van der Waals surface area contributed by atoms with Crippen LogP contribution in [0.2, 0.25) is 5.02 Å². The molecule has 0 radical (unpaired) electrons. The maximum Gasteiger partial charge on any atom is 0.418 e. The normalized spacial score (nSPS) is 17.6. The molecular formula is C28H22ClF4N5O2. The highest BCUT2D eigenvalue weighted by Gasteiger charge is 2.37. The summed E-state index contributed by atoms with van der Waals surface area (Å²) in [6.07, 6.45) is -0.172. The van der Waals surface area contributed by atoms with Gasteiger partial charge in [-0.1, -0.05) is 23.7 Å². The number of rotatable bonds is 5. The van der Waals surface area contributed by atoms with Gasteiger partial charge in [0, 0.05) is 49.7 Å². The minimum absolute atomic E-state index is 0.0359. The Kier molecular flexibility index (Phi) is 7.66. The summed E-state index contributed by atoms with van der Waals surface area (Å²) in [6, 6.07) is 10.9. The van der Waals surface area contributed by atoms with Crippen LogP contribution in [0, 0.1) is 11.7 Å². The quantitative estimate of drug-likeness (QED) is 0.319. The number of nitrogens with one attached hydrogen (secondary N) is 1. The molecule has 7 nitrogen and oxygen atoms in total. The molecule has 1 aliphatic heterocycles. The van der Waals surface area contributed by atoms with Crippen molar-refractivity contribution in [3.05, 3.63) is 100 Å². The second kappa shape index (κ2) is 11.2. The van der Waals surface area contributed by atoms with Crippen LogP contribution in [0.25, 0.3) is 11.0 Å². The molecule has 2 atom stereocenters. The number of hydrogen-bond acceptors (Lipinski definition) is 5. The molecule has 40 heavy (non-hydrogen) atoms. The molecule has 4 aromatic rings. The monoisotopic (exact) mass is 571 g/mol. The summed E-state index contributed by atoms with van der Waals surface area (Å²) in [5.74, 6) is -2.25. The summed E-state index contributed by atoms with van der Waals surface area (Å²) in [6.45, 7) is 0.595.